The molecule has 150 valence electrons. The molecule has 2 rings (SSSR count). The summed E-state index contributed by atoms with van der Waals surface area (Å²) in [6.45, 7) is 0.961. The summed E-state index contributed by atoms with van der Waals surface area (Å²) in [5.41, 5.74) is 11.9. The number of carbonyl (C=O) groups excluding carboxylic acids is 1. The van der Waals surface area contributed by atoms with Gasteiger partial charge in [0.1, 0.15) is 11.5 Å². The topological polar surface area (TPSA) is 138 Å². The minimum atomic E-state index is -0.590. The zero-order valence-corrected chi connectivity index (χ0v) is 16.4. The molecule has 0 aliphatic rings. The summed E-state index contributed by atoms with van der Waals surface area (Å²) in [5.74, 6) is 5.07. The van der Waals surface area contributed by atoms with Crippen molar-refractivity contribution in [2.45, 2.75) is 11.3 Å². The SMILES string of the molecule is CN(C)CCc1ccc(Oc2ccc(C(=O)N=C(N)N)cc2SOON)cc1. The monoisotopic (exact) mass is 405 g/mol. The quantitative estimate of drug-likeness (QED) is 0.187. The van der Waals surface area contributed by atoms with Crippen molar-refractivity contribution >= 4 is 23.9 Å². The van der Waals surface area contributed by atoms with Gasteiger partial charge in [0, 0.05) is 12.1 Å². The molecule has 0 aliphatic carbocycles. The summed E-state index contributed by atoms with van der Waals surface area (Å²) >= 11 is 0.790. The van der Waals surface area contributed by atoms with E-state index in [0.717, 1.165) is 25.0 Å². The first kappa shape index (κ1) is 21.7. The Kier molecular flexibility index (Phi) is 8.23. The molecule has 9 nitrogen and oxygen atoms in total. The predicted molar refractivity (Wildman–Crippen MR) is 108 cm³/mol. The van der Waals surface area contributed by atoms with Gasteiger partial charge in [-0.05, 0) is 56.4 Å². The number of ether oxygens (including phenoxy) is 1. The molecule has 0 atom stereocenters. The van der Waals surface area contributed by atoms with Gasteiger partial charge in [-0.2, -0.15) is 10.9 Å². The first-order valence-electron chi connectivity index (χ1n) is 8.28. The summed E-state index contributed by atoms with van der Waals surface area (Å²) in [6.07, 6.45) is 0.942. The number of likely N-dealkylation sites (N-methyl/N-ethyl adjacent to an activating group) is 1. The molecule has 0 bridgehead atoms. The molecule has 0 aromatic heterocycles. The van der Waals surface area contributed by atoms with Crippen LogP contribution in [0.2, 0.25) is 0 Å². The maximum absolute atomic E-state index is 12.0. The highest BCUT2D eigenvalue weighted by molar-refractivity contribution is 7.94. The Labute approximate surface area is 167 Å². The smallest absolute Gasteiger partial charge is 0.280 e. The molecule has 0 saturated heterocycles. The highest BCUT2D eigenvalue weighted by atomic mass is 32.2. The molecule has 0 fully saturated rings. The summed E-state index contributed by atoms with van der Waals surface area (Å²) in [5, 5.41) is 0. The van der Waals surface area contributed by atoms with Crippen LogP contribution in [-0.4, -0.2) is 37.4 Å². The fraction of sp³-hybridized carbons (Fsp3) is 0.222. The van der Waals surface area contributed by atoms with E-state index >= 15 is 0 Å². The van der Waals surface area contributed by atoms with E-state index in [-0.39, 0.29) is 11.5 Å². The lowest BCUT2D eigenvalue weighted by atomic mass is 10.1. The summed E-state index contributed by atoms with van der Waals surface area (Å²) in [7, 11) is 4.07. The predicted octanol–water partition coefficient (Wildman–Crippen LogP) is 1.83. The number of benzene rings is 2. The number of guanidine groups is 1. The number of nitrogens with two attached hydrogens (primary N) is 3. The zero-order chi connectivity index (χ0) is 20.5. The second-order valence-corrected chi connectivity index (χ2v) is 6.79. The van der Waals surface area contributed by atoms with Crippen molar-refractivity contribution in [3.05, 3.63) is 53.6 Å². The number of aliphatic imine (C=N–C) groups is 1. The summed E-state index contributed by atoms with van der Waals surface area (Å²) in [4.78, 5) is 22.2. The standard InChI is InChI=1S/C18H23N5O4S/c1-23(2)10-9-12-3-6-14(7-4-12)25-15-8-5-13(17(24)22-18(19)20)11-16(15)28-27-26-21/h3-8,11H,9-10,21H2,1-2H3,(H4,19,20,22,24). The van der Waals surface area contributed by atoms with Gasteiger partial charge in [-0.1, -0.05) is 12.1 Å². The van der Waals surface area contributed by atoms with Crippen LogP contribution >= 0.6 is 12.0 Å². The average Bonchev–Trinajstić information content (AvgIpc) is 2.66. The van der Waals surface area contributed by atoms with Crippen molar-refractivity contribution in [1.29, 1.82) is 0 Å². The van der Waals surface area contributed by atoms with Crippen molar-refractivity contribution in [2.24, 2.45) is 22.4 Å². The second kappa shape index (κ2) is 10.6. The van der Waals surface area contributed by atoms with E-state index in [2.05, 4.69) is 14.9 Å². The molecule has 28 heavy (non-hydrogen) atoms. The lowest BCUT2D eigenvalue weighted by molar-refractivity contribution is -0.195. The minimum absolute atomic E-state index is 0.253. The average molecular weight is 405 g/mol. The van der Waals surface area contributed by atoms with E-state index in [4.69, 9.17) is 26.4 Å². The second-order valence-electron chi connectivity index (χ2n) is 6.05. The number of hydrogen-bond acceptors (Lipinski definition) is 7. The van der Waals surface area contributed by atoms with Crippen LogP contribution in [0.5, 0.6) is 11.5 Å². The van der Waals surface area contributed by atoms with E-state index in [1.165, 1.54) is 11.6 Å². The summed E-state index contributed by atoms with van der Waals surface area (Å²) in [6, 6.07) is 12.4. The molecule has 0 unspecified atom stereocenters. The molecule has 10 heteroatoms. The van der Waals surface area contributed by atoms with Crippen LogP contribution in [0.4, 0.5) is 0 Å². The van der Waals surface area contributed by atoms with Crippen molar-refractivity contribution in [3.8, 4) is 11.5 Å². The number of rotatable bonds is 9. The lowest BCUT2D eigenvalue weighted by Gasteiger charge is -2.12. The van der Waals surface area contributed by atoms with Crippen LogP contribution in [0.1, 0.15) is 15.9 Å². The molecule has 1 amide bonds. The van der Waals surface area contributed by atoms with Gasteiger partial charge in [-0.25, -0.2) is 0 Å². The van der Waals surface area contributed by atoms with E-state index in [9.17, 15) is 4.79 Å². The molecule has 0 saturated carbocycles. The van der Waals surface area contributed by atoms with Gasteiger partial charge in [0.05, 0.1) is 16.9 Å². The van der Waals surface area contributed by atoms with Gasteiger partial charge < -0.3 is 21.1 Å². The van der Waals surface area contributed by atoms with Crippen LogP contribution in [0.25, 0.3) is 0 Å². The molecule has 0 spiro atoms. The molecule has 0 aliphatic heterocycles. The van der Waals surface area contributed by atoms with Crippen molar-refractivity contribution in [2.75, 3.05) is 20.6 Å². The maximum atomic E-state index is 12.0. The Hall–Kier alpha value is -2.63. The van der Waals surface area contributed by atoms with Gasteiger partial charge in [-0.3, -0.25) is 4.79 Å². The van der Waals surface area contributed by atoms with Crippen molar-refractivity contribution in [3.63, 3.8) is 0 Å². The molecule has 0 heterocycles. The van der Waals surface area contributed by atoms with Gasteiger partial charge in [-0.15, -0.1) is 9.32 Å². The number of carbonyl (C=O) groups is 1. The lowest BCUT2D eigenvalue weighted by Crippen LogP contribution is -2.24. The molecule has 0 radical (unpaired) electrons. The number of hydrogen-bond donors (Lipinski definition) is 3. The molecule has 2 aromatic rings. The van der Waals surface area contributed by atoms with Crippen LogP contribution < -0.4 is 22.1 Å². The van der Waals surface area contributed by atoms with E-state index in [1.807, 2.05) is 38.4 Å². The molecule has 2 aromatic carbocycles. The van der Waals surface area contributed by atoms with E-state index < -0.39 is 5.91 Å². The minimum Gasteiger partial charge on any atom is -0.456 e. The number of amides is 1. The van der Waals surface area contributed by atoms with Crippen LogP contribution in [0.3, 0.4) is 0 Å². The first-order valence-corrected chi connectivity index (χ1v) is 9.03. The zero-order valence-electron chi connectivity index (χ0n) is 15.6. The van der Waals surface area contributed by atoms with Crippen LogP contribution in [0.15, 0.2) is 52.4 Å². The Balaban J connectivity index is 2.19. The fourth-order valence-electron chi connectivity index (χ4n) is 2.23. The van der Waals surface area contributed by atoms with Crippen molar-refractivity contribution in [1.82, 2.24) is 4.90 Å². The van der Waals surface area contributed by atoms with Gasteiger partial charge in [0.2, 0.25) is 0 Å². The Morgan fingerprint density at radius 1 is 1.14 bits per heavy atom. The molecular formula is C18H23N5O4S. The Bertz CT molecular complexity index is 823. The van der Waals surface area contributed by atoms with Gasteiger partial charge >= 0.3 is 0 Å². The normalized spacial score (nSPS) is 10.7. The third-order valence-corrected chi connectivity index (χ3v) is 4.23. The van der Waals surface area contributed by atoms with E-state index in [0.29, 0.717) is 16.4 Å². The van der Waals surface area contributed by atoms with E-state index in [1.54, 1.807) is 12.1 Å². The van der Waals surface area contributed by atoms with Crippen LogP contribution in [-0.2, 0) is 15.7 Å². The largest absolute Gasteiger partial charge is 0.456 e. The Morgan fingerprint density at radius 3 is 2.46 bits per heavy atom. The van der Waals surface area contributed by atoms with Gasteiger partial charge in [0.25, 0.3) is 5.91 Å². The highest BCUT2D eigenvalue weighted by Crippen LogP contribution is 2.34. The number of nitrogens with zero attached hydrogens (tertiary/aromatic N) is 2. The van der Waals surface area contributed by atoms with Crippen LogP contribution in [0, 0.1) is 0 Å². The Morgan fingerprint density at radius 2 is 1.86 bits per heavy atom. The highest BCUT2D eigenvalue weighted by Gasteiger charge is 2.13. The van der Waals surface area contributed by atoms with Crippen molar-refractivity contribution < 1.29 is 18.9 Å². The van der Waals surface area contributed by atoms with Gasteiger partial charge in [0.15, 0.2) is 5.96 Å². The fourth-order valence-corrected chi connectivity index (χ4v) is 2.71. The molecule has 6 N–H and O–H groups in total. The third kappa shape index (κ3) is 6.83. The first-order chi connectivity index (χ1) is 13.4. The third-order valence-electron chi connectivity index (χ3n) is 3.58. The molecular weight excluding hydrogens is 382 g/mol. The summed E-state index contributed by atoms with van der Waals surface area (Å²) < 4.78 is 10.6. The maximum Gasteiger partial charge on any atom is 0.280 e.